The van der Waals surface area contributed by atoms with Crippen LogP contribution in [0.4, 0.5) is 11.5 Å². The molecule has 0 unspecified atom stereocenters. The number of anilines is 2. The van der Waals surface area contributed by atoms with Crippen LogP contribution >= 0.6 is 11.6 Å². The highest BCUT2D eigenvalue weighted by atomic mass is 35.5. The molecule has 0 radical (unpaired) electrons. The van der Waals surface area contributed by atoms with Crippen LogP contribution in [0.15, 0.2) is 66.9 Å². The average molecular weight is 341 g/mol. The minimum atomic E-state index is -0.442. The molecule has 3 aromatic rings. The van der Waals surface area contributed by atoms with Crippen molar-refractivity contribution in [3.63, 3.8) is 0 Å². The van der Waals surface area contributed by atoms with E-state index in [1.165, 1.54) is 0 Å². The third-order valence-electron chi connectivity index (χ3n) is 3.46. The third kappa shape index (κ3) is 3.94. The lowest BCUT2D eigenvalue weighted by molar-refractivity contribution is -0.116. The summed E-state index contributed by atoms with van der Waals surface area (Å²) in [7, 11) is 0. The first kappa shape index (κ1) is 16.1. The first-order valence-electron chi connectivity index (χ1n) is 7.56. The van der Waals surface area contributed by atoms with Crippen molar-refractivity contribution in [1.82, 2.24) is 9.78 Å². The van der Waals surface area contributed by atoms with E-state index >= 15 is 0 Å². The van der Waals surface area contributed by atoms with Crippen molar-refractivity contribution in [2.75, 3.05) is 10.6 Å². The molecule has 6 heteroatoms. The highest BCUT2D eigenvalue weighted by Gasteiger charge is 2.14. The lowest BCUT2D eigenvalue weighted by Gasteiger charge is -2.13. The Hall–Kier alpha value is -2.79. The fraction of sp³-hybridized carbons (Fsp3) is 0.111. The van der Waals surface area contributed by atoms with Crippen LogP contribution in [0.1, 0.15) is 6.92 Å². The number of aromatic nitrogens is 2. The van der Waals surface area contributed by atoms with E-state index in [0.717, 1.165) is 5.69 Å². The first-order chi connectivity index (χ1) is 11.6. The molecule has 1 heterocycles. The predicted octanol–water partition coefficient (Wildman–Crippen LogP) is 3.96. The van der Waals surface area contributed by atoms with E-state index < -0.39 is 6.04 Å². The summed E-state index contributed by atoms with van der Waals surface area (Å²) in [5.41, 5.74) is 1.62. The number of amides is 1. The second-order valence-corrected chi connectivity index (χ2v) is 5.78. The number of nitrogens with zero attached hydrogens (tertiary/aromatic N) is 2. The van der Waals surface area contributed by atoms with Crippen molar-refractivity contribution in [2.45, 2.75) is 13.0 Å². The topological polar surface area (TPSA) is 59.0 Å². The quantitative estimate of drug-likeness (QED) is 0.739. The summed E-state index contributed by atoms with van der Waals surface area (Å²) in [6.45, 7) is 1.78. The maximum Gasteiger partial charge on any atom is 0.246 e. The van der Waals surface area contributed by atoms with E-state index in [1.54, 1.807) is 35.9 Å². The molecule has 5 nitrogen and oxygen atoms in total. The van der Waals surface area contributed by atoms with Crippen LogP contribution in [-0.4, -0.2) is 21.7 Å². The molecule has 2 aromatic carbocycles. The number of benzene rings is 2. The zero-order valence-corrected chi connectivity index (χ0v) is 13.9. The van der Waals surface area contributed by atoms with Crippen molar-refractivity contribution in [3.8, 4) is 5.69 Å². The molecule has 3 rings (SSSR count). The molecule has 2 N–H and O–H groups in total. The van der Waals surface area contributed by atoms with E-state index in [9.17, 15) is 4.79 Å². The van der Waals surface area contributed by atoms with Gasteiger partial charge in [0.15, 0.2) is 0 Å². The van der Waals surface area contributed by atoms with Gasteiger partial charge >= 0.3 is 0 Å². The van der Waals surface area contributed by atoms with Gasteiger partial charge in [-0.15, -0.1) is 0 Å². The number of carbonyl (C=O) groups excluding carboxylic acids is 1. The molecule has 122 valence electrons. The van der Waals surface area contributed by atoms with Gasteiger partial charge in [-0.3, -0.25) is 4.79 Å². The summed E-state index contributed by atoms with van der Waals surface area (Å²) in [4.78, 5) is 12.3. The van der Waals surface area contributed by atoms with Crippen LogP contribution in [0, 0.1) is 0 Å². The third-order valence-corrected chi connectivity index (χ3v) is 3.69. The largest absolute Gasteiger partial charge is 0.357 e. The van der Waals surface area contributed by atoms with Gasteiger partial charge in [0.2, 0.25) is 5.91 Å². The van der Waals surface area contributed by atoms with E-state index in [0.29, 0.717) is 16.5 Å². The van der Waals surface area contributed by atoms with E-state index in [1.807, 2.05) is 42.6 Å². The highest BCUT2D eigenvalue weighted by Crippen LogP contribution is 2.16. The first-order valence-corrected chi connectivity index (χ1v) is 7.94. The minimum Gasteiger partial charge on any atom is -0.357 e. The number of halogens is 1. The van der Waals surface area contributed by atoms with Crippen molar-refractivity contribution in [2.24, 2.45) is 0 Å². The fourth-order valence-corrected chi connectivity index (χ4v) is 2.42. The normalized spacial score (nSPS) is 11.8. The van der Waals surface area contributed by atoms with Gasteiger partial charge < -0.3 is 10.6 Å². The van der Waals surface area contributed by atoms with E-state index in [-0.39, 0.29) is 5.91 Å². The molecule has 0 aliphatic carbocycles. The molecule has 0 bridgehead atoms. The lowest BCUT2D eigenvalue weighted by Crippen LogP contribution is -2.32. The lowest BCUT2D eigenvalue weighted by atomic mass is 10.2. The molecule has 0 aliphatic rings. The van der Waals surface area contributed by atoms with Crippen LogP contribution in [0.3, 0.4) is 0 Å². The van der Waals surface area contributed by atoms with Gasteiger partial charge in [-0.2, -0.15) is 5.10 Å². The maximum atomic E-state index is 12.3. The molecular formula is C18H17ClN4O. The molecule has 0 fully saturated rings. The Balaban J connectivity index is 1.63. The van der Waals surface area contributed by atoms with E-state index in [2.05, 4.69) is 15.7 Å². The maximum absolute atomic E-state index is 12.3. The predicted molar refractivity (Wildman–Crippen MR) is 96.7 cm³/mol. The van der Waals surface area contributed by atoms with Gasteiger partial charge in [-0.1, -0.05) is 35.9 Å². The van der Waals surface area contributed by atoms with Crippen molar-refractivity contribution < 1.29 is 4.79 Å². The van der Waals surface area contributed by atoms with Crippen LogP contribution < -0.4 is 10.6 Å². The van der Waals surface area contributed by atoms with Gasteiger partial charge in [-0.05, 0) is 37.3 Å². The minimum absolute atomic E-state index is 0.161. The monoisotopic (exact) mass is 340 g/mol. The summed E-state index contributed by atoms with van der Waals surface area (Å²) in [5.74, 6) is 0.471. The summed E-state index contributed by atoms with van der Waals surface area (Å²) in [6, 6.07) is 18.2. The summed E-state index contributed by atoms with van der Waals surface area (Å²) in [5, 5.41) is 10.9. The number of para-hydroxylation sites is 1. The van der Waals surface area contributed by atoms with E-state index in [4.69, 9.17) is 11.6 Å². The van der Waals surface area contributed by atoms with Gasteiger partial charge in [0, 0.05) is 23.0 Å². The Labute approximate surface area is 145 Å². The molecule has 24 heavy (non-hydrogen) atoms. The van der Waals surface area contributed by atoms with Gasteiger partial charge in [0.1, 0.15) is 11.9 Å². The van der Waals surface area contributed by atoms with Crippen LogP contribution in [0.5, 0.6) is 0 Å². The number of carbonyl (C=O) groups is 1. The number of rotatable bonds is 5. The smallest absolute Gasteiger partial charge is 0.246 e. The molecule has 1 atom stereocenters. The second-order valence-electron chi connectivity index (χ2n) is 5.35. The zero-order valence-electron chi connectivity index (χ0n) is 13.1. The van der Waals surface area contributed by atoms with Crippen LogP contribution in [0.2, 0.25) is 5.02 Å². The number of nitrogens with one attached hydrogen (secondary N) is 2. The molecular weight excluding hydrogens is 324 g/mol. The second kappa shape index (κ2) is 7.19. The van der Waals surface area contributed by atoms with Crippen molar-refractivity contribution in [1.29, 1.82) is 0 Å². The number of hydrogen-bond donors (Lipinski definition) is 2. The molecule has 0 saturated carbocycles. The Bertz CT molecular complexity index is 832. The van der Waals surface area contributed by atoms with Crippen LogP contribution in [0.25, 0.3) is 5.69 Å². The Morgan fingerprint density at radius 3 is 2.67 bits per heavy atom. The van der Waals surface area contributed by atoms with Crippen molar-refractivity contribution in [3.05, 3.63) is 71.9 Å². The van der Waals surface area contributed by atoms with Gasteiger partial charge in [0.05, 0.1) is 5.69 Å². The summed E-state index contributed by atoms with van der Waals surface area (Å²) < 4.78 is 1.75. The summed E-state index contributed by atoms with van der Waals surface area (Å²) >= 11 is 5.92. The van der Waals surface area contributed by atoms with Gasteiger partial charge in [-0.25, -0.2) is 4.68 Å². The molecule has 0 spiro atoms. The molecule has 1 aromatic heterocycles. The zero-order chi connectivity index (χ0) is 16.9. The van der Waals surface area contributed by atoms with Gasteiger partial charge in [0.25, 0.3) is 0 Å². The molecule has 0 aliphatic heterocycles. The molecule has 1 amide bonds. The fourth-order valence-electron chi connectivity index (χ4n) is 2.23. The summed E-state index contributed by atoms with van der Waals surface area (Å²) in [6.07, 6.45) is 1.85. The van der Waals surface area contributed by atoms with Crippen LogP contribution in [-0.2, 0) is 4.79 Å². The molecule has 0 saturated heterocycles. The SMILES string of the molecule is C[C@@H](Nc1ccn(-c2ccccc2)n1)C(=O)Nc1cccc(Cl)c1. The Morgan fingerprint density at radius 1 is 1.12 bits per heavy atom. The Morgan fingerprint density at radius 2 is 1.92 bits per heavy atom. The number of hydrogen-bond acceptors (Lipinski definition) is 3. The standard InChI is InChI=1S/C18H17ClN4O/c1-13(18(24)21-15-7-5-6-14(19)12-15)20-17-10-11-23(22-17)16-8-3-2-4-9-16/h2-13H,1H3,(H,20,22)(H,21,24)/t13-/m1/s1. The Kier molecular flexibility index (Phi) is 4.82. The highest BCUT2D eigenvalue weighted by molar-refractivity contribution is 6.30. The average Bonchev–Trinajstić information content (AvgIpc) is 3.04. The van der Waals surface area contributed by atoms with Crippen molar-refractivity contribution >= 4 is 29.0 Å².